The van der Waals surface area contributed by atoms with Gasteiger partial charge < -0.3 is 14.9 Å². The first-order valence-corrected chi connectivity index (χ1v) is 9.35. The number of hydrogen-bond acceptors (Lipinski definition) is 3. The Morgan fingerprint density at radius 2 is 1.79 bits per heavy atom. The van der Waals surface area contributed by atoms with Crippen LogP contribution in [-0.2, 0) is 4.79 Å². The van der Waals surface area contributed by atoms with Crippen molar-refractivity contribution in [2.45, 2.75) is 63.0 Å². The van der Waals surface area contributed by atoms with Gasteiger partial charge in [0.25, 0.3) is 0 Å². The Morgan fingerprint density at radius 3 is 2.42 bits per heavy atom. The molecular formula is C20H30N2O2. The molecule has 4 nitrogen and oxygen atoms in total. The number of carbonyl (C=O) groups excluding carboxylic acids is 1. The largest absolute Gasteiger partial charge is 0.389 e. The Labute approximate surface area is 145 Å². The van der Waals surface area contributed by atoms with Crippen LogP contribution >= 0.6 is 0 Å². The Kier molecular flexibility index (Phi) is 5.44. The molecule has 1 amide bonds. The van der Waals surface area contributed by atoms with Crippen LogP contribution in [0.1, 0.15) is 51.4 Å². The van der Waals surface area contributed by atoms with Crippen molar-refractivity contribution in [2.24, 2.45) is 0 Å². The molecule has 132 valence electrons. The van der Waals surface area contributed by atoms with Crippen LogP contribution in [0, 0.1) is 0 Å². The monoisotopic (exact) mass is 330 g/mol. The summed E-state index contributed by atoms with van der Waals surface area (Å²) < 4.78 is 0. The quantitative estimate of drug-likeness (QED) is 0.922. The summed E-state index contributed by atoms with van der Waals surface area (Å²) in [6.07, 6.45) is 7.16. The van der Waals surface area contributed by atoms with Gasteiger partial charge in [-0.1, -0.05) is 37.5 Å². The number of para-hydroxylation sites is 1. The summed E-state index contributed by atoms with van der Waals surface area (Å²) in [7, 11) is 2.14. The number of nitrogens with zero attached hydrogens (tertiary/aromatic N) is 2. The number of aliphatic hydroxyl groups is 1. The van der Waals surface area contributed by atoms with Crippen molar-refractivity contribution in [3.63, 3.8) is 0 Å². The van der Waals surface area contributed by atoms with Crippen molar-refractivity contribution < 1.29 is 9.90 Å². The lowest BCUT2D eigenvalue weighted by atomic mass is 9.82. The number of carbonyl (C=O) groups is 1. The van der Waals surface area contributed by atoms with Crippen LogP contribution in [0.25, 0.3) is 0 Å². The second kappa shape index (κ2) is 7.56. The normalized spacial score (nSPS) is 21.5. The standard InChI is InChI=1S/C20H30N2O2/c1-21(17-8-4-2-5-9-17)18-10-14-22(15-11-18)19(23)16-20(24)12-6-3-7-13-20/h2,4-5,8-9,18,24H,3,6-7,10-16H2,1H3. The van der Waals surface area contributed by atoms with Gasteiger partial charge in [0.05, 0.1) is 12.0 Å². The van der Waals surface area contributed by atoms with Crippen molar-refractivity contribution in [2.75, 3.05) is 25.0 Å². The molecule has 0 aromatic heterocycles. The molecule has 3 rings (SSSR count). The van der Waals surface area contributed by atoms with E-state index in [1.807, 2.05) is 11.0 Å². The molecule has 1 saturated heterocycles. The molecule has 1 aromatic rings. The Balaban J connectivity index is 1.50. The van der Waals surface area contributed by atoms with Crippen molar-refractivity contribution in [1.29, 1.82) is 0 Å². The summed E-state index contributed by atoms with van der Waals surface area (Å²) >= 11 is 0. The van der Waals surface area contributed by atoms with Crippen molar-refractivity contribution in [1.82, 2.24) is 4.90 Å². The van der Waals surface area contributed by atoms with Crippen molar-refractivity contribution in [3.8, 4) is 0 Å². The van der Waals surface area contributed by atoms with E-state index in [0.29, 0.717) is 12.5 Å². The lowest BCUT2D eigenvalue weighted by molar-refractivity contribution is -0.138. The molecular weight excluding hydrogens is 300 g/mol. The SMILES string of the molecule is CN(c1ccccc1)C1CCN(C(=O)CC2(O)CCCCC2)CC1. The van der Waals surface area contributed by atoms with Gasteiger partial charge in [-0.25, -0.2) is 0 Å². The zero-order valence-electron chi connectivity index (χ0n) is 14.8. The summed E-state index contributed by atoms with van der Waals surface area (Å²) in [6.45, 7) is 1.60. The van der Waals surface area contributed by atoms with Gasteiger partial charge in [-0.3, -0.25) is 4.79 Å². The Bertz CT molecular complexity index is 532. The summed E-state index contributed by atoms with van der Waals surface area (Å²) in [5, 5.41) is 10.6. The van der Waals surface area contributed by atoms with Gasteiger partial charge in [0.15, 0.2) is 0 Å². The van der Waals surface area contributed by atoms with Crippen LogP contribution in [0.4, 0.5) is 5.69 Å². The van der Waals surface area contributed by atoms with Crippen LogP contribution in [0.3, 0.4) is 0 Å². The van der Waals surface area contributed by atoms with Crippen molar-refractivity contribution in [3.05, 3.63) is 30.3 Å². The fourth-order valence-corrected chi connectivity index (χ4v) is 4.16. The first-order chi connectivity index (χ1) is 11.6. The molecule has 0 bridgehead atoms. The topological polar surface area (TPSA) is 43.8 Å². The first kappa shape index (κ1) is 17.3. The number of benzene rings is 1. The predicted octanol–water partition coefficient (Wildman–Crippen LogP) is 3.20. The van der Waals surface area contributed by atoms with E-state index in [1.165, 1.54) is 12.1 Å². The van der Waals surface area contributed by atoms with E-state index in [2.05, 4.69) is 36.2 Å². The molecule has 4 heteroatoms. The molecule has 2 fully saturated rings. The van der Waals surface area contributed by atoms with Gasteiger partial charge in [0, 0.05) is 31.9 Å². The smallest absolute Gasteiger partial charge is 0.225 e. The van der Waals surface area contributed by atoms with Crippen molar-refractivity contribution >= 4 is 11.6 Å². The van der Waals surface area contributed by atoms with Crippen LogP contribution in [0.15, 0.2) is 30.3 Å². The average Bonchev–Trinajstić information content (AvgIpc) is 2.62. The molecule has 1 saturated carbocycles. The summed E-state index contributed by atoms with van der Waals surface area (Å²) in [4.78, 5) is 16.9. The molecule has 1 aliphatic carbocycles. The molecule has 24 heavy (non-hydrogen) atoms. The molecule has 0 spiro atoms. The molecule has 0 unspecified atom stereocenters. The van der Waals surface area contributed by atoms with E-state index in [-0.39, 0.29) is 5.91 Å². The number of hydrogen-bond donors (Lipinski definition) is 1. The third-order valence-corrected chi connectivity index (χ3v) is 5.79. The minimum Gasteiger partial charge on any atom is -0.389 e. The lowest BCUT2D eigenvalue weighted by Gasteiger charge is -2.39. The highest BCUT2D eigenvalue weighted by Crippen LogP contribution is 2.32. The fourth-order valence-electron chi connectivity index (χ4n) is 4.16. The summed E-state index contributed by atoms with van der Waals surface area (Å²) in [5.74, 6) is 0.139. The third-order valence-electron chi connectivity index (χ3n) is 5.79. The minimum atomic E-state index is -0.743. The van der Waals surface area contributed by atoms with Gasteiger partial charge in [0.1, 0.15) is 0 Å². The number of likely N-dealkylation sites (tertiary alicyclic amines) is 1. The van der Waals surface area contributed by atoms with Crippen LogP contribution in [-0.4, -0.2) is 47.7 Å². The summed E-state index contributed by atoms with van der Waals surface area (Å²) in [5.41, 5.74) is 0.492. The lowest BCUT2D eigenvalue weighted by Crippen LogP contribution is -2.48. The zero-order chi connectivity index (χ0) is 17.0. The van der Waals surface area contributed by atoms with Gasteiger partial charge in [-0.05, 0) is 37.8 Å². The highest BCUT2D eigenvalue weighted by atomic mass is 16.3. The number of piperidine rings is 1. The van der Waals surface area contributed by atoms with Crippen LogP contribution in [0.2, 0.25) is 0 Å². The van der Waals surface area contributed by atoms with Crippen LogP contribution in [0.5, 0.6) is 0 Å². The molecule has 0 radical (unpaired) electrons. The Morgan fingerprint density at radius 1 is 1.17 bits per heavy atom. The predicted molar refractivity (Wildman–Crippen MR) is 97.1 cm³/mol. The maximum Gasteiger partial charge on any atom is 0.225 e. The zero-order valence-corrected chi connectivity index (χ0v) is 14.8. The molecule has 1 N–H and O–H groups in total. The van der Waals surface area contributed by atoms with Gasteiger partial charge in [-0.2, -0.15) is 0 Å². The second-order valence-electron chi connectivity index (χ2n) is 7.52. The van der Waals surface area contributed by atoms with E-state index in [1.54, 1.807) is 0 Å². The maximum atomic E-state index is 12.6. The van der Waals surface area contributed by atoms with E-state index in [4.69, 9.17) is 0 Å². The number of rotatable bonds is 4. The second-order valence-corrected chi connectivity index (χ2v) is 7.52. The molecule has 2 aliphatic rings. The van der Waals surface area contributed by atoms with E-state index >= 15 is 0 Å². The fraction of sp³-hybridized carbons (Fsp3) is 0.650. The Hall–Kier alpha value is -1.55. The maximum absolute atomic E-state index is 12.6. The van der Waals surface area contributed by atoms with Gasteiger partial charge in [0.2, 0.25) is 5.91 Å². The van der Waals surface area contributed by atoms with Gasteiger partial charge in [-0.15, -0.1) is 0 Å². The average molecular weight is 330 g/mol. The third kappa shape index (κ3) is 4.10. The van der Waals surface area contributed by atoms with E-state index in [0.717, 1.165) is 51.6 Å². The molecule has 1 aliphatic heterocycles. The van der Waals surface area contributed by atoms with E-state index < -0.39 is 5.60 Å². The number of amides is 1. The molecule has 0 atom stereocenters. The molecule has 1 aromatic carbocycles. The van der Waals surface area contributed by atoms with Crippen LogP contribution < -0.4 is 4.90 Å². The number of anilines is 1. The van der Waals surface area contributed by atoms with Gasteiger partial charge >= 0.3 is 0 Å². The highest BCUT2D eigenvalue weighted by Gasteiger charge is 2.34. The molecule has 1 heterocycles. The van der Waals surface area contributed by atoms with E-state index in [9.17, 15) is 9.90 Å². The minimum absolute atomic E-state index is 0.139. The highest BCUT2D eigenvalue weighted by molar-refractivity contribution is 5.77. The first-order valence-electron chi connectivity index (χ1n) is 9.35. The summed E-state index contributed by atoms with van der Waals surface area (Å²) in [6, 6.07) is 10.9.